The molecule has 0 aliphatic carbocycles. The molecule has 18 heavy (non-hydrogen) atoms. The number of hydrogen-bond donors (Lipinski definition) is 3. The number of nitrogens with two attached hydrogens (primary N) is 3. The fourth-order valence-electron chi connectivity index (χ4n) is 1.07. The third kappa shape index (κ3) is 6.82. The van der Waals surface area contributed by atoms with Crippen LogP contribution < -0.4 is 21.9 Å². The number of aliphatic imine (C=N–C) groups is 2. The Balaban J connectivity index is 0. The number of guanidine groups is 2. The minimum atomic E-state index is -0.101. The molecule has 6 N–H and O–H groups in total. The van der Waals surface area contributed by atoms with Gasteiger partial charge >= 0.3 is 0 Å². The first-order chi connectivity index (χ1) is 7.61. The van der Waals surface area contributed by atoms with E-state index >= 15 is 0 Å². The Bertz CT molecular complexity index is 401. The lowest BCUT2D eigenvalue weighted by Crippen LogP contribution is -2.26. The summed E-state index contributed by atoms with van der Waals surface area (Å²) in [6, 6.07) is 7.49. The summed E-state index contributed by atoms with van der Waals surface area (Å²) in [4.78, 5) is 7.60. The van der Waals surface area contributed by atoms with Gasteiger partial charge in [-0.05, 0) is 17.7 Å². The highest BCUT2D eigenvalue weighted by Crippen LogP contribution is 2.11. The second kappa shape index (κ2) is 9.38. The lowest BCUT2D eigenvalue weighted by Gasteiger charge is -2.00. The van der Waals surface area contributed by atoms with E-state index in [2.05, 4.69) is 9.98 Å². The first-order valence-corrected chi connectivity index (χ1v) is 4.64. The predicted molar refractivity (Wildman–Crippen MR) is 78.6 cm³/mol. The maximum absolute atomic E-state index is 5.46. The predicted octanol–water partition coefficient (Wildman–Crippen LogP) is 0.627. The minimum absolute atomic E-state index is 0. The van der Waals surface area contributed by atoms with Gasteiger partial charge in [-0.2, -0.15) is 4.99 Å². The van der Waals surface area contributed by atoms with E-state index in [0.717, 1.165) is 11.3 Å². The summed E-state index contributed by atoms with van der Waals surface area (Å²) in [5.74, 6) is 0.761. The molecular formula is C10H17Cl2N5O. The number of halogens is 2. The monoisotopic (exact) mass is 293 g/mol. The van der Waals surface area contributed by atoms with Crippen LogP contribution in [0, 0.1) is 0 Å². The third-order valence-electron chi connectivity index (χ3n) is 1.83. The van der Waals surface area contributed by atoms with Crippen LogP contribution in [0.15, 0.2) is 34.3 Å². The zero-order valence-electron chi connectivity index (χ0n) is 9.87. The second-order valence-electron chi connectivity index (χ2n) is 3.06. The molecule has 1 aromatic carbocycles. The van der Waals surface area contributed by atoms with Crippen molar-refractivity contribution in [1.82, 2.24) is 0 Å². The van der Waals surface area contributed by atoms with E-state index < -0.39 is 0 Å². The van der Waals surface area contributed by atoms with Gasteiger partial charge in [-0.3, -0.25) is 0 Å². The minimum Gasteiger partial charge on any atom is -0.497 e. The van der Waals surface area contributed by atoms with Crippen LogP contribution in [0.1, 0.15) is 5.56 Å². The van der Waals surface area contributed by atoms with Crippen LogP contribution in [-0.4, -0.2) is 19.0 Å². The molecule has 8 heteroatoms. The largest absolute Gasteiger partial charge is 0.497 e. The quantitative estimate of drug-likeness (QED) is 0.560. The van der Waals surface area contributed by atoms with Crippen LogP contribution in [0.5, 0.6) is 5.75 Å². The Hall–Kier alpha value is -1.66. The molecule has 0 aliphatic rings. The number of benzene rings is 1. The Morgan fingerprint density at radius 1 is 1.11 bits per heavy atom. The van der Waals surface area contributed by atoms with E-state index in [4.69, 9.17) is 21.9 Å². The normalized spacial score (nSPS) is 9.72. The average molecular weight is 294 g/mol. The molecule has 0 atom stereocenters. The topological polar surface area (TPSA) is 112 Å². The van der Waals surface area contributed by atoms with Gasteiger partial charge in [-0.15, -0.1) is 24.8 Å². The molecule has 0 amide bonds. The number of hydrogen-bond acceptors (Lipinski definition) is 2. The zero-order valence-corrected chi connectivity index (χ0v) is 11.5. The highest BCUT2D eigenvalue weighted by atomic mass is 35.5. The zero-order chi connectivity index (χ0) is 12.0. The van der Waals surface area contributed by atoms with Crippen LogP contribution in [0.25, 0.3) is 0 Å². The van der Waals surface area contributed by atoms with Crippen LogP contribution in [0.3, 0.4) is 0 Å². The van der Waals surface area contributed by atoms with Gasteiger partial charge in [0.2, 0.25) is 5.96 Å². The summed E-state index contributed by atoms with van der Waals surface area (Å²) in [6.07, 6.45) is 0. The van der Waals surface area contributed by atoms with Crippen LogP contribution in [0.4, 0.5) is 0 Å². The lowest BCUT2D eigenvalue weighted by atomic mass is 10.2. The Labute approximate surface area is 118 Å². The van der Waals surface area contributed by atoms with Gasteiger partial charge in [0.1, 0.15) is 5.75 Å². The van der Waals surface area contributed by atoms with Crippen molar-refractivity contribution in [3.63, 3.8) is 0 Å². The summed E-state index contributed by atoms with van der Waals surface area (Å²) in [6.45, 7) is 0.423. The fraction of sp³-hybridized carbons (Fsp3) is 0.200. The smallest absolute Gasteiger partial charge is 0.218 e. The van der Waals surface area contributed by atoms with Crippen molar-refractivity contribution in [2.75, 3.05) is 7.11 Å². The fourth-order valence-corrected chi connectivity index (χ4v) is 1.07. The van der Waals surface area contributed by atoms with Gasteiger partial charge in [0.15, 0.2) is 5.96 Å². The Morgan fingerprint density at radius 2 is 1.67 bits per heavy atom. The van der Waals surface area contributed by atoms with Crippen molar-refractivity contribution in [1.29, 1.82) is 0 Å². The van der Waals surface area contributed by atoms with Crippen LogP contribution >= 0.6 is 24.8 Å². The summed E-state index contributed by atoms with van der Waals surface area (Å²) in [5.41, 5.74) is 16.8. The molecule has 1 rings (SSSR count). The van der Waals surface area contributed by atoms with Crippen molar-refractivity contribution in [3.8, 4) is 5.75 Å². The number of ether oxygens (including phenoxy) is 1. The number of rotatable bonds is 3. The third-order valence-corrected chi connectivity index (χ3v) is 1.83. The van der Waals surface area contributed by atoms with Gasteiger partial charge < -0.3 is 21.9 Å². The molecule has 0 saturated heterocycles. The SMILES string of the molecule is COc1ccc(CN=C(N)N=C(N)N)cc1.Cl.Cl. The number of nitrogens with zero attached hydrogens (tertiary/aromatic N) is 2. The maximum atomic E-state index is 5.46. The summed E-state index contributed by atoms with van der Waals surface area (Å²) in [7, 11) is 1.61. The first-order valence-electron chi connectivity index (χ1n) is 4.64. The molecule has 6 nitrogen and oxygen atoms in total. The van der Waals surface area contributed by atoms with E-state index in [9.17, 15) is 0 Å². The van der Waals surface area contributed by atoms with Gasteiger partial charge in [0, 0.05) is 0 Å². The highest BCUT2D eigenvalue weighted by molar-refractivity contribution is 5.92. The standard InChI is InChI=1S/C10H15N5O.2ClH/c1-16-8-4-2-7(3-5-8)6-14-10(13)15-9(11)12;;/h2-5H,6H2,1H3,(H6,11,12,13,14,15);2*1H. The van der Waals surface area contributed by atoms with E-state index in [0.29, 0.717) is 6.54 Å². The van der Waals surface area contributed by atoms with E-state index in [1.165, 1.54) is 0 Å². The van der Waals surface area contributed by atoms with Gasteiger partial charge in [-0.1, -0.05) is 12.1 Å². The van der Waals surface area contributed by atoms with E-state index in [1.54, 1.807) is 7.11 Å². The van der Waals surface area contributed by atoms with Crippen molar-refractivity contribution in [2.45, 2.75) is 6.54 Å². The molecule has 0 bridgehead atoms. The Kier molecular flexibility index (Phi) is 9.74. The van der Waals surface area contributed by atoms with E-state index in [-0.39, 0.29) is 36.7 Å². The van der Waals surface area contributed by atoms with Crippen molar-refractivity contribution < 1.29 is 4.74 Å². The van der Waals surface area contributed by atoms with E-state index in [1.807, 2.05) is 24.3 Å². The van der Waals surface area contributed by atoms with Gasteiger partial charge in [0.05, 0.1) is 13.7 Å². The molecule has 0 aromatic heterocycles. The highest BCUT2D eigenvalue weighted by Gasteiger charge is 1.94. The molecule has 0 saturated carbocycles. The summed E-state index contributed by atoms with van der Waals surface area (Å²) < 4.78 is 5.03. The first kappa shape index (κ1) is 18.7. The van der Waals surface area contributed by atoms with Crippen LogP contribution in [-0.2, 0) is 6.54 Å². The average Bonchev–Trinajstić information content (AvgIpc) is 2.26. The summed E-state index contributed by atoms with van der Waals surface area (Å²) >= 11 is 0. The molecule has 0 unspecified atom stereocenters. The second-order valence-corrected chi connectivity index (χ2v) is 3.06. The van der Waals surface area contributed by atoms with Crippen molar-refractivity contribution in [2.24, 2.45) is 27.2 Å². The molecule has 0 fully saturated rings. The van der Waals surface area contributed by atoms with Crippen molar-refractivity contribution >= 4 is 36.7 Å². The molecule has 0 radical (unpaired) electrons. The van der Waals surface area contributed by atoms with Gasteiger partial charge in [-0.25, -0.2) is 4.99 Å². The molecular weight excluding hydrogens is 277 g/mol. The molecule has 0 aliphatic heterocycles. The van der Waals surface area contributed by atoms with Gasteiger partial charge in [0.25, 0.3) is 0 Å². The molecule has 0 spiro atoms. The lowest BCUT2D eigenvalue weighted by molar-refractivity contribution is 0.414. The molecule has 1 aromatic rings. The summed E-state index contributed by atoms with van der Waals surface area (Å²) in [5, 5.41) is 0. The Morgan fingerprint density at radius 3 is 2.11 bits per heavy atom. The molecule has 0 heterocycles. The number of methoxy groups -OCH3 is 1. The maximum Gasteiger partial charge on any atom is 0.218 e. The molecule has 102 valence electrons. The van der Waals surface area contributed by atoms with Crippen LogP contribution in [0.2, 0.25) is 0 Å². The van der Waals surface area contributed by atoms with Crippen molar-refractivity contribution in [3.05, 3.63) is 29.8 Å².